The summed E-state index contributed by atoms with van der Waals surface area (Å²) in [5.74, 6) is 4.76. The van der Waals surface area contributed by atoms with Gasteiger partial charge in [0.05, 0.1) is 13.0 Å². The SMILES string of the molecule is CC(CC(F)(F)F)NC(=O)c1sccc1C#CCN. The van der Waals surface area contributed by atoms with Crippen LogP contribution in [0.15, 0.2) is 11.4 Å². The van der Waals surface area contributed by atoms with Crippen LogP contribution in [0.1, 0.15) is 28.6 Å². The molecule has 0 bridgehead atoms. The minimum Gasteiger partial charge on any atom is -0.349 e. The summed E-state index contributed by atoms with van der Waals surface area (Å²) in [7, 11) is 0. The van der Waals surface area contributed by atoms with Crippen LogP contribution in [0.5, 0.6) is 0 Å². The zero-order valence-corrected chi connectivity index (χ0v) is 11.0. The van der Waals surface area contributed by atoms with Gasteiger partial charge in [0.15, 0.2) is 0 Å². The van der Waals surface area contributed by atoms with Crippen molar-refractivity contribution in [1.82, 2.24) is 5.32 Å². The van der Waals surface area contributed by atoms with Gasteiger partial charge in [-0.25, -0.2) is 0 Å². The molecule has 7 heteroatoms. The number of carbonyl (C=O) groups is 1. The summed E-state index contributed by atoms with van der Waals surface area (Å²) in [4.78, 5) is 12.1. The van der Waals surface area contributed by atoms with E-state index in [2.05, 4.69) is 17.2 Å². The van der Waals surface area contributed by atoms with Gasteiger partial charge in [0.2, 0.25) is 0 Å². The number of thiophene rings is 1. The molecule has 1 atom stereocenters. The lowest BCUT2D eigenvalue weighted by Gasteiger charge is -2.15. The van der Waals surface area contributed by atoms with Gasteiger partial charge in [0.25, 0.3) is 5.91 Å². The van der Waals surface area contributed by atoms with Crippen LogP contribution >= 0.6 is 11.3 Å². The van der Waals surface area contributed by atoms with E-state index < -0.39 is 24.5 Å². The molecule has 0 aromatic carbocycles. The molecule has 0 saturated carbocycles. The Balaban J connectivity index is 2.71. The quantitative estimate of drug-likeness (QED) is 0.838. The lowest BCUT2D eigenvalue weighted by atomic mass is 10.2. The fraction of sp³-hybridized carbons (Fsp3) is 0.417. The highest BCUT2D eigenvalue weighted by Crippen LogP contribution is 2.22. The number of hydrogen-bond donors (Lipinski definition) is 2. The third kappa shape index (κ3) is 5.32. The van der Waals surface area contributed by atoms with E-state index in [0.29, 0.717) is 10.4 Å². The van der Waals surface area contributed by atoms with E-state index >= 15 is 0 Å². The highest BCUT2D eigenvalue weighted by molar-refractivity contribution is 7.12. The van der Waals surface area contributed by atoms with E-state index in [1.54, 1.807) is 11.4 Å². The van der Waals surface area contributed by atoms with Crippen molar-refractivity contribution in [3.8, 4) is 11.8 Å². The average Bonchev–Trinajstić information content (AvgIpc) is 2.71. The Kier molecular flexibility index (Phi) is 5.39. The third-order valence-corrected chi connectivity index (χ3v) is 3.02. The summed E-state index contributed by atoms with van der Waals surface area (Å²) in [6.07, 6.45) is -5.36. The van der Waals surface area contributed by atoms with Crippen LogP contribution in [0, 0.1) is 11.8 Å². The van der Waals surface area contributed by atoms with E-state index in [1.807, 2.05) is 0 Å². The molecule has 19 heavy (non-hydrogen) atoms. The molecule has 104 valence electrons. The molecular formula is C12H13F3N2OS. The summed E-state index contributed by atoms with van der Waals surface area (Å²) in [5.41, 5.74) is 5.70. The largest absolute Gasteiger partial charge is 0.391 e. The maximum Gasteiger partial charge on any atom is 0.391 e. The Hall–Kier alpha value is -1.52. The molecule has 1 amide bonds. The molecular weight excluding hydrogens is 277 g/mol. The Morgan fingerprint density at radius 2 is 2.26 bits per heavy atom. The fourth-order valence-corrected chi connectivity index (χ4v) is 2.17. The molecule has 3 N–H and O–H groups in total. The lowest BCUT2D eigenvalue weighted by Crippen LogP contribution is -2.35. The molecule has 1 heterocycles. The van der Waals surface area contributed by atoms with E-state index in [-0.39, 0.29) is 6.54 Å². The van der Waals surface area contributed by atoms with Gasteiger partial charge in [0, 0.05) is 11.6 Å². The monoisotopic (exact) mass is 290 g/mol. The van der Waals surface area contributed by atoms with Gasteiger partial charge in [-0.05, 0) is 18.4 Å². The van der Waals surface area contributed by atoms with Gasteiger partial charge in [0.1, 0.15) is 4.88 Å². The Morgan fingerprint density at radius 1 is 1.58 bits per heavy atom. The second-order valence-electron chi connectivity index (χ2n) is 3.86. The Bertz CT molecular complexity index is 499. The predicted octanol–water partition coefficient (Wildman–Crippen LogP) is 2.13. The van der Waals surface area contributed by atoms with Crippen LogP contribution in [0.3, 0.4) is 0 Å². The number of alkyl halides is 3. The number of carbonyl (C=O) groups excluding carboxylic acids is 1. The first-order valence-electron chi connectivity index (χ1n) is 5.47. The summed E-state index contributed by atoms with van der Waals surface area (Å²) in [6, 6.07) is 0.654. The molecule has 1 aromatic heterocycles. The average molecular weight is 290 g/mol. The molecule has 0 radical (unpaired) electrons. The van der Waals surface area contributed by atoms with Gasteiger partial charge >= 0.3 is 6.18 Å². The molecule has 1 unspecified atom stereocenters. The highest BCUT2D eigenvalue weighted by Gasteiger charge is 2.30. The van der Waals surface area contributed by atoms with Crippen molar-refractivity contribution < 1.29 is 18.0 Å². The van der Waals surface area contributed by atoms with E-state index in [4.69, 9.17) is 5.73 Å². The molecule has 0 aliphatic carbocycles. The first kappa shape index (κ1) is 15.5. The maximum absolute atomic E-state index is 12.2. The number of rotatable bonds is 3. The van der Waals surface area contributed by atoms with Crippen LogP contribution in [0.4, 0.5) is 13.2 Å². The van der Waals surface area contributed by atoms with Crippen LogP contribution in [-0.4, -0.2) is 24.7 Å². The first-order chi connectivity index (χ1) is 8.83. The van der Waals surface area contributed by atoms with Gasteiger partial charge in [-0.2, -0.15) is 13.2 Å². The molecule has 1 rings (SSSR count). The van der Waals surface area contributed by atoms with Crippen LogP contribution in [-0.2, 0) is 0 Å². The van der Waals surface area contributed by atoms with E-state index in [0.717, 1.165) is 11.3 Å². The highest BCUT2D eigenvalue weighted by atomic mass is 32.1. The fourth-order valence-electron chi connectivity index (χ4n) is 1.42. The van der Waals surface area contributed by atoms with Gasteiger partial charge < -0.3 is 11.1 Å². The van der Waals surface area contributed by atoms with E-state index in [9.17, 15) is 18.0 Å². The number of halogens is 3. The molecule has 0 aliphatic heterocycles. The summed E-state index contributed by atoms with van der Waals surface area (Å²) >= 11 is 1.13. The normalized spacial score (nSPS) is 12.5. The number of hydrogen-bond acceptors (Lipinski definition) is 3. The lowest BCUT2D eigenvalue weighted by molar-refractivity contribution is -0.138. The zero-order valence-electron chi connectivity index (χ0n) is 10.2. The van der Waals surface area contributed by atoms with Crippen LogP contribution in [0.2, 0.25) is 0 Å². The van der Waals surface area contributed by atoms with Crippen molar-refractivity contribution in [1.29, 1.82) is 0 Å². The summed E-state index contributed by atoms with van der Waals surface area (Å²) < 4.78 is 36.5. The zero-order chi connectivity index (χ0) is 14.5. The summed E-state index contributed by atoms with van der Waals surface area (Å²) in [6.45, 7) is 1.46. The van der Waals surface area contributed by atoms with Crippen LogP contribution < -0.4 is 11.1 Å². The number of nitrogens with one attached hydrogen (secondary N) is 1. The van der Waals surface area contributed by atoms with Crippen molar-refractivity contribution in [3.63, 3.8) is 0 Å². The van der Waals surface area contributed by atoms with Crippen LogP contribution in [0.25, 0.3) is 0 Å². The van der Waals surface area contributed by atoms with Crippen molar-refractivity contribution in [3.05, 3.63) is 21.9 Å². The van der Waals surface area contributed by atoms with Crippen molar-refractivity contribution in [2.24, 2.45) is 5.73 Å². The molecule has 3 nitrogen and oxygen atoms in total. The van der Waals surface area contributed by atoms with Crippen molar-refractivity contribution in [2.45, 2.75) is 25.6 Å². The second kappa shape index (κ2) is 6.59. The topological polar surface area (TPSA) is 55.1 Å². The summed E-state index contributed by atoms with van der Waals surface area (Å²) in [5, 5.41) is 3.96. The molecule has 1 aromatic rings. The van der Waals surface area contributed by atoms with Gasteiger partial charge in [-0.3, -0.25) is 4.79 Å². The number of amides is 1. The standard InChI is InChI=1S/C12H13F3N2OS/c1-8(7-12(13,14)15)17-11(18)10-9(3-2-5-16)4-6-19-10/h4,6,8H,5,7,16H2,1H3,(H,17,18). The Morgan fingerprint density at radius 3 is 2.84 bits per heavy atom. The van der Waals surface area contributed by atoms with Gasteiger partial charge in [-0.15, -0.1) is 11.3 Å². The van der Waals surface area contributed by atoms with Gasteiger partial charge in [-0.1, -0.05) is 11.8 Å². The molecule has 0 spiro atoms. The molecule has 0 aliphatic rings. The second-order valence-corrected chi connectivity index (χ2v) is 4.78. The Labute approximate surface area is 113 Å². The minimum atomic E-state index is -4.30. The predicted molar refractivity (Wildman–Crippen MR) is 67.9 cm³/mol. The van der Waals surface area contributed by atoms with Crippen molar-refractivity contribution in [2.75, 3.05) is 6.54 Å². The molecule has 0 saturated heterocycles. The maximum atomic E-state index is 12.2. The molecule has 0 fully saturated rings. The third-order valence-electron chi connectivity index (χ3n) is 2.11. The van der Waals surface area contributed by atoms with Crippen molar-refractivity contribution >= 4 is 17.2 Å². The smallest absolute Gasteiger partial charge is 0.349 e. The first-order valence-corrected chi connectivity index (χ1v) is 6.35. The number of nitrogens with two attached hydrogens (primary N) is 1. The van der Waals surface area contributed by atoms with E-state index in [1.165, 1.54) is 6.92 Å². The minimum absolute atomic E-state index is 0.154.